The van der Waals surface area contributed by atoms with E-state index >= 15 is 0 Å². The Hall–Kier alpha value is -2.17. The van der Waals surface area contributed by atoms with Crippen LogP contribution >= 0.6 is 0 Å². The number of unbranched alkanes of at least 4 members (excludes halogenated alkanes) is 1. The molecule has 1 aliphatic heterocycles. The predicted molar refractivity (Wildman–Crippen MR) is 107 cm³/mol. The highest BCUT2D eigenvalue weighted by Crippen LogP contribution is 2.30. The zero-order chi connectivity index (χ0) is 21.8. The third kappa shape index (κ3) is 4.76. The molecule has 1 heterocycles. The van der Waals surface area contributed by atoms with Gasteiger partial charge in [0.2, 0.25) is 5.91 Å². The van der Waals surface area contributed by atoms with Crippen molar-refractivity contribution in [2.45, 2.75) is 63.3 Å². The van der Waals surface area contributed by atoms with E-state index in [4.69, 9.17) is 14.2 Å². The largest absolute Gasteiger partial charge is 0.504 e. The van der Waals surface area contributed by atoms with Gasteiger partial charge in [-0.15, -0.1) is 0 Å². The summed E-state index contributed by atoms with van der Waals surface area (Å²) in [5.74, 6) is -0.192. The number of benzene rings is 1. The third-order valence-corrected chi connectivity index (χ3v) is 5.38. The molecule has 1 saturated carbocycles. The van der Waals surface area contributed by atoms with Crippen molar-refractivity contribution in [3.05, 3.63) is 29.3 Å². The van der Waals surface area contributed by atoms with Crippen LogP contribution in [0.2, 0.25) is 0 Å². The second-order valence-electron chi connectivity index (χ2n) is 7.61. The molecule has 1 aromatic rings. The molecule has 5 N–H and O–H groups in total. The topological polar surface area (TPSA) is 138 Å². The number of rotatable bonds is 7. The van der Waals surface area contributed by atoms with Crippen LogP contribution in [0.15, 0.2) is 23.8 Å². The van der Waals surface area contributed by atoms with Gasteiger partial charge >= 0.3 is 0 Å². The van der Waals surface area contributed by atoms with E-state index in [1.54, 1.807) is 25.1 Å². The number of fused-ring (bicyclic) bond motifs is 1. The van der Waals surface area contributed by atoms with Gasteiger partial charge in [-0.3, -0.25) is 4.79 Å². The van der Waals surface area contributed by atoms with Gasteiger partial charge in [0, 0.05) is 5.57 Å². The van der Waals surface area contributed by atoms with Gasteiger partial charge in [-0.25, -0.2) is 0 Å². The predicted octanol–water partition coefficient (Wildman–Crippen LogP) is 0.297. The molecule has 0 spiro atoms. The minimum atomic E-state index is -1.41. The fourth-order valence-corrected chi connectivity index (χ4v) is 3.61. The summed E-state index contributed by atoms with van der Waals surface area (Å²) in [5, 5.41) is 43.6. The van der Waals surface area contributed by atoms with E-state index in [1.165, 1.54) is 6.07 Å². The second kappa shape index (κ2) is 9.76. The molecule has 1 aliphatic carbocycles. The summed E-state index contributed by atoms with van der Waals surface area (Å²) in [7, 11) is 0. The standard InChI is InChI=1S/C21H29NO8/c1-3-4-7-28-14-6-5-12(9-13(14)23)8-11(2)21(27)22-15-16(24)18(26)20-19(17(15)25)29-10-30-20/h5-6,8-9,15-20,23-26H,3-4,7,10H2,1-2H3,(H,22,27)/b11-8+/t15-,16+,17-,18-,19+,20-/m1/s1. The molecule has 9 nitrogen and oxygen atoms in total. The third-order valence-electron chi connectivity index (χ3n) is 5.38. The Morgan fingerprint density at radius 1 is 1.20 bits per heavy atom. The zero-order valence-electron chi connectivity index (χ0n) is 17.0. The first-order valence-electron chi connectivity index (χ1n) is 10.1. The van der Waals surface area contributed by atoms with Crippen molar-refractivity contribution >= 4 is 12.0 Å². The molecular formula is C21H29NO8. The van der Waals surface area contributed by atoms with Crippen LogP contribution < -0.4 is 10.1 Å². The Labute approximate surface area is 174 Å². The van der Waals surface area contributed by atoms with Crippen LogP contribution in [0.5, 0.6) is 11.5 Å². The summed E-state index contributed by atoms with van der Waals surface area (Å²) >= 11 is 0. The van der Waals surface area contributed by atoms with E-state index in [-0.39, 0.29) is 18.1 Å². The number of phenolic OH excluding ortho intramolecular Hbond substituents is 1. The highest BCUT2D eigenvalue weighted by molar-refractivity contribution is 5.97. The number of amides is 1. The summed E-state index contributed by atoms with van der Waals surface area (Å²) in [6, 6.07) is 3.70. The fraction of sp³-hybridized carbons (Fsp3) is 0.571. The summed E-state index contributed by atoms with van der Waals surface area (Å²) in [4.78, 5) is 12.6. The number of hydrogen-bond acceptors (Lipinski definition) is 8. The smallest absolute Gasteiger partial charge is 0.247 e. The van der Waals surface area contributed by atoms with Crippen LogP contribution in [0.1, 0.15) is 32.3 Å². The van der Waals surface area contributed by atoms with Crippen LogP contribution in [0.3, 0.4) is 0 Å². The second-order valence-corrected chi connectivity index (χ2v) is 7.61. The molecule has 0 unspecified atom stereocenters. The minimum Gasteiger partial charge on any atom is -0.504 e. The highest BCUT2D eigenvalue weighted by Gasteiger charge is 2.53. The summed E-state index contributed by atoms with van der Waals surface area (Å²) in [6.07, 6.45) is -2.21. The van der Waals surface area contributed by atoms with Crippen molar-refractivity contribution in [2.75, 3.05) is 13.4 Å². The lowest BCUT2D eigenvalue weighted by Gasteiger charge is -2.41. The molecule has 1 amide bonds. The molecule has 166 valence electrons. The van der Waals surface area contributed by atoms with Crippen molar-refractivity contribution in [2.24, 2.45) is 0 Å². The van der Waals surface area contributed by atoms with E-state index in [2.05, 4.69) is 5.32 Å². The van der Waals surface area contributed by atoms with Crippen molar-refractivity contribution in [1.82, 2.24) is 5.32 Å². The van der Waals surface area contributed by atoms with Gasteiger partial charge in [-0.1, -0.05) is 19.4 Å². The van der Waals surface area contributed by atoms with Crippen molar-refractivity contribution in [1.29, 1.82) is 0 Å². The Balaban J connectivity index is 1.66. The molecule has 6 atom stereocenters. The minimum absolute atomic E-state index is 0.0290. The van der Waals surface area contributed by atoms with Gasteiger partial charge in [-0.05, 0) is 37.1 Å². The van der Waals surface area contributed by atoms with Gasteiger partial charge in [0.15, 0.2) is 11.5 Å². The molecule has 0 bridgehead atoms. The quantitative estimate of drug-likeness (QED) is 0.312. The molecule has 0 aromatic heterocycles. The van der Waals surface area contributed by atoms with Gasteiger partial charge in [0.1, 0.15) is 37.3 Å². The summed E-state index contributed by atoms with van der Waals surface area (Å²) < 4.78 is 16.0. The Kier molecular flexibility index (Phi) is 7.32. The molecule has 1 saturated heterocycles. The van der Waals surface area contributed by atoms with Gasteiger partial charge in [-0.2, -0.15) is 0 Å². The van der Waals surface area contributed by atoms with E-state index in [1.807, 2.05) is 6.92 Å². The number of aromatic hydroxyl groups is 1. The molecule has 9 heteroatoms. The number of phenols is 1. The number of hydrogen-bond donors (Lipinski definition) is 5. The fourth-order valence-electron chi connectivity index (χ4n) is 3.61. The van der Waals surface area contributed by atoms with E-state index in [0.717, 1.165) is 12.8 Å². The highest BCUT2D eigenvalue weighted by atomic mass is 16.7. The molecule has 0 radical (unpaired) electrons. The monoisotopic (exact) mass is 423 g/mol. The first kappa shape index (κ1) is 22.5. The van der Waals surface area contributed by atoms with Crippen molar-refractivity contribution in [3.63, 3.8) is 0 Å². The average molecular weight is 423 g/mol. The number of carbonyl (C=O) groups is 1. The normalized spacial score (nSPS) is 31.3. The Bertz CT molecular complexity index is 782. The van der Waals surface area contributed by atoms with Crippen LogP contribution in [-0.4, -0.2) is 76.3 Å². The lowest BCUT2D eigenvalue weighted by atomic mass is 9.83. The summed E-state index contributed by atoms with van der Waals surface area (Å²) in [5.41, 5.74) is 0.869. The number of nitrogens with one attached hydrogen (secondary N) is 1. The first-order valence-corrected chi connectivity index (χ1v) is 10.1. The van der Waals surface area contributed by atoms with Crippen molar-refractivity contribution < 1.29 is 39.4 Å². The lowest BCUT2D eigenvalue weighted by molar-refractivity contribution is -0.155. The zero-order valence-corrected chi connectivity index (χ0v) is 17.0. The Morgan fingerprint density at radius 3 is 2.57 bits per heavy atom. The van der Waals surface area contributed by atoms with E-state index < -0.39 is 42.5 Å². The van der Waals surface area contributed by atoms with Gasteiger partial charge in [0.05, 0.1) is 12.6 Å². The van der Waals surface area contributed by atoms with Crippen LogP contribution in [0.25, 0.3) is 6.08 Å². The lowest BCUT2D eigenvalue weighted by Crippen LogP contribution is -2.67. The number of carbonyl (C=O) groups excluding carboxylic acids is 1. The first-order chi connectivity index (χ1) is 14.3. The van der Waals surface area contributed by atoms with Crippen LogP contribution in [0, 0.1) is 0 Å². The SMILES string of the molecule is CCCCOc1ccc(/C=C(\C)C(=O)N[C@@H]2[C@H](O)[C@@H](O)[C@H]3OCO[C@H]3[C@@H]2O)cc1O. The molecule has 3 rings (SSSR count). The maximum atomic E-state index is 12.6. The van der Waals surface area contributed by atoms with E-state index in [0.29, 0.717) is 17.9 Å². The molecule has 30 heavy (non-hydrogen) atoms. The molecular weight excluding hydrogens is 394 g/mol. The van der Waals surface area contributed by atoms with Crippen molar-refractivity contribution in [3.8, 4) is 11.5 Å². The maximum Gasteiger partial charge on any atom is 0.247 e. The number of aliphatic hydroxyl groups excluding tert-OH is 3. The molecule has 2 aliphatic rings. The van der Waals surface area contributed by atoms with Gasteiger partial charge in [0.25, 0.3) is 0 Å². The van der Waals surface area contributed by atoms with Crippen LogP contribution in [0.4, 0.5) is 0 Å². The van der Waals surface area contributed by atoms with E-state index in [9.17, 15) is 25.2 Å². The Morgan fingerprint density at radius 2 is 1.90 bits per heavy atom. The molecule has 2 fully saturated rings. The van der Waals surface area contributed by atoms with Gasteiger partial charge < -0.3 is 40.0 Å². The van der Waals surface area contributed by atoms with Crippen LogP contribution in [-0.2, 0) is 14.3 Å². The molecule has 1 aromatic carbocycles. The average Bonchev–Trinajstić information content (AvgIpc) is 3.21. The maximum absolute atomic E-state index is 12.6. The summed E-state index contributed by atoms with van der Waals surface area (Å²) in [6.45, 7) is 4.02. The number of aliphatic hydroxyl groups is 3. The number of ether oxygens (including phenoxy) is 3.